The van der Waals surface area contributed by atoms with Gasteiger partial charge in [0.15, 0.2) is 0 Å². The van der Waals surface area contributed by atoms with Crippen molar-refractivity contribution in [3.05, 3.63) is 53.8 Å². The van der Waals surface area contributed by atoms with Gasteiger partial charge in [0.2, 0.25) is 0 Å². The molecule has 0 spiro atoms. The smallest absolute Gasteiger partial charge is 0.146 e. The fourth-order valence-electron chi connectivity index (χ4n) is 2.26. The van der Waals surface area contributed by atoms with Crippen molar-refractivity contribution in [3.63, 3.8) is 0 Å². The molecule has 2 aromatic rings. The summed E-state index contributed by atoms with van der Waals surface area (Å²) in [6, 6.07) is 12.2. The van der Waals surface area contributed by atoms with Crippen LogP contribution in [-0.4, -0.2) is 12.6 Å². The third kappa shape index (κ3) is 2.39. The van der Waals surface area contributed by atoms with Crippen LogP contribution in [0.2, 0.25) is 0 Å². The molecule has 98 valence electrons. The SMILES string of the molecule is NCC1Cc2cccc(Nc3ccc(F)cc3)c2O1. The first-order chi connectivity index (χ1) is 9.26. The standard InChI is InChI=1S/C15H15FN2O/c16-11-4-6-12(7-5-11)18-14-3-1-2-10-8-13(9-17)19-15(10)14/h1-7,13,18H,8-9,17H2. The van der Waals surface area contributed by atoms with E-state index < -0.39 is 0 Å². The number of benzene rings is 2. The Hall–Kier alpha value is -2.07. The molecule has 0 bridgehead atoms. The first-order valence-corrected chi connectivity index (χ1v) is 6.27. The highest BCUT2D eigenvalue weighted by Crippen LogP contribution is 2.37. The van der Waals surface area contributed by atoms with Gasteiger partial charge in [-0.25, -0.2) is 4.39 Å². The van der Waals surface area contributed by atoms with Crippen LogP contribution in [0.25, 0.3) is 0 Å². The molecule has 1 atom stereocenters. The fourth-order valence-corrected chi connectivity index (χ4v) is 2.26. The molecule has 3 rings (SSSR count). The van der Waals surface area contributed by atoms with Crippen LogP contribution >= 0.6 is 0 Å². The number of rotatable bonds is 3. The van der Waals surface area contributed by atoms with Gasteiger partial charge in [-0.05, 0) is 30.3 Å². The van der Waals surface area contributed by atoms with Gasteiger partial charge in [0, 0.05) is 24.2 Å². The van der Waals surface area contributed by atoms with E-state index in [-0.39, 0.29) is 11.9 Å². The van der Waals surface area contributed by atoms with E-state index in [2.05, 4.69) is 5.32 Å². The largest absolute Gasteiger partial charge is 0.486 e. The van der Waals surface area contributed by atoms with Gasteiger partial charge >= 0.3 is 0 Å². The number of hydrogen-bond acceptors (Lipinski definition) is 3. The zero-order valence-corrected chi connectivity index (χ0v) is 10.4. The van der Waals surface area contributed by atoms with Crippen LogP contribution in [-0.2, 0) is 6.42 Å². The predicted molar refractivity (Wildman–Crippen MR) is 73.3 cm³/mol. The summed E-state index contributed by atoms with van der Waals surface area (Å²) in [5.41, 5.74) is 8.52. The summed E-state index contributed by atoms with van der Waals surface area (Å²) >= 11 is 0. The van der Waals surface area contributed by atoms with Crippen molar-refractivity contribution >= 4 is 11.4 Å². The predicted octanol–water partition coefficient (Wildman–Crippen LogP) is 2.83. The quantitative estimate of drug-likeness (QED) is 0.890. The van der Waals surface area contributed by atoms with Gasteiger partial charge in [-0.2, -0.15) is 0 Å². The molecule has 0 saturated heterocycles. The molecule has 2 aromatic carbocycles. The van der Waals surface area contributed by atoms with Crippen LogP contribution in [0.4, 0.5) is 15.8 Å². The maximum absolute atomic E-state index is 12.9. The summed E-state index contributed by atoms with van der Waals surface area (Å²) in [6.07, 6.45) is 0.885. The average molecular weight is 258 g/mol. The van der Waals surface area contributed by atoms with Gasteiger partial charge < -0.3 is 15.8 Å². The Morgan fingerprint density at radius 3 is 2.74 bits per heavy atom. The first kappa shape index (κ1) is 12.0. The molecule has 0 aliphatic carbocycles. The van der Waals surface area contributed by atoms with Crippen molar-refractivity contribution in [2.24, 2.45) is 5.73 Å². The molecule has 1 aliphatic rings. The summed E-state index contributed by atoms with van der Waals surface area (Å²) in [5.74, 6) is 0.602. The molecule has 3 N–H and O–H groups in total. The van der Waals surface area contributed by atoms with Gasteiger partial charge in [-0.15, -0.1) is 0 Å². The Bertz CT molecular complexity index is 583. The molecule has 19 heavy (non-hydrogen) atoms. The van der Waals surface area contributed by atoms with Crippen molar-refractivity contribution in [1.82, 2.24) is 0 Å². The van der Waals surface area contributed by atoms with E-state index in [0.29, 0.717) is 6.54 Å². The van der Waals surface area contributed by atoms with E-state index in [0.717, 1.165) is 29.1 Å². The third-order valence-electron chi connectivity index (χ3n) is 3.21. The lowest BCUT2D eigenvalue weighted by Crippen LogP contribution is -2.24. The highest BCUT2D eigenvalue weighted by molar-refractivity contribution is 5.69. The number of para-hydroxylation sites is 1. The highest BCUT2D eigenvalue weighted by Gasteiger charge is 2.24. The average Bonchev–Trinajstić information content (AvgIpc) is 2.85. The molecular formula is C15H15FN2O. The minimum atomic E-state index is -0.247. The summed E-state index contributed by atoms with van der Waals surface area (Å²) in [4.78, 5) is 0. The Kier molecular flexibility index (Phi) is 3.09. The lowest BCUT2D eigenvalue weighted by Gasteiger charge is -2.12. The molecule has 3 nitrogen and oxygen atoms in total. The lowest BCUT2D eigenvalue weighted by atomic mass is 10.1. The molecule has 1 unspecified atom stereocenters. The zero-order chi connectivity index (χ0) is 13.2. The molecule has 0 aromatic heterocycles. The van der Waals surface area contributed by atoms with Crippen LogP contribution < -0.4 is 15.8 Å². The van der Waals surface area contributed by atoms with Crippen LogP contribution in [0.3, 0.4) is 0 Å². The molecule has 0 radical (unpaired) electrons. The maximum atomic E-state index is 12.9. The molecule has 0 fully saturated rings. The van der Waals surface area contributed by atoms with Gasteiger partial charge in [0.05, 0.1) is 5.69 Å². The van der Waals surface area contributed by atoms with Crippen molar-refractivity contribution < 1.29 is 9.13 Å². The Labute approximate surface area is 111 Å². The van der Waals surface area contributed by atoms with Gasteiger partial charge in [-0.3, -0.25) is 0 Å². The molecule has 0 amide bonds. The summed E-state index contributed by atoms with van der Waals surface area (Å²) in [7, 11) is 0. The number of ether oxygens (including phenoxy) is 1. The second kappa shape index (κ2) is 4.90. The first-order valence-electron chi connectivity index (χ1n) is 6.27. The summed E-state index contributed by atoms with van der Waals surface area (Å²) < 4.78 is 18.7. The lowest BCUT2D eigenvalue weighted by molar-refractivity contribution is 0.242. The maximum Gasteiger partial charge on any atom is 0.146 e. The molecule has 0 saturated carbocycles. The number of nitrogens with one attached hydrogen (secondary N) is 1. The van der Waals surface area contributed by atoms with Gasteiger partial charge in [0.25, 0.3) is 0 Å². The Balaban J connectivity index is 1.87. The number of hydrogen-bond donors (Lipinski definition) is 2. The van der Waals surface area contributed by atoms with E-state index >= 15 is 0 Å². The number of anilines is 2. The van der Waals surface area contributed by atoms with Crippen molar-refractivity contribution in [1.29, 1.82) is 0 Å². The molecule has 1 aliphatic heterocycles. The highest BCUT2D eigenvalue weighted by atomic mass is 19.1. The summed E-state index contributed by atoms with van der Waals surface area (Å²) in [6.45, 7) is 0.505. The van der Waals surface area contributed by atoms with Gasteiger partial charge in [0.1, 0.15) is 17.7 Å². The molecule has 1 heterocycles. The van der Waals surface area contributed by atoms with E-state index in [1.807, 2.05) is 18.2 Å². The normalized spacial score (nSPS) is 16.8. The van der Waals surface area contributed by atoms with E-state index in [1.54, 1.807) is 12.1 Å². The third-order valence-corrected chi connectivity index (χ3v) is 3.21. The van der Waals surface area contributed by atoms with Crippen LogP contribution in [0.1, 0.15) is 5.56 Å². The minimum Gasteiger partial charge on any atom is -0.486 e. The minimum absolute atomic E-state index is 0.0474. The second-order valence-electron chi connectivity index (χ2n) is 4.61. The topological polar surface area (TPSA) is 47.3 Å². The van der Waals surface area contributed by atoms with Crippen LogP contribution in [0.15, 0.2) is 42.5 Å². The van der Waals surface area contributed by atoms with Gasteiger partial charge in [-0.1, -0.05) is 12.1 Å². The molecular weight excluding hydrogens is 243 g/mol. The summed E-state index contributed by atoms with van der Waals surface area (Å²) in [5, 5.41) is 3.24. The van der Waals surface area contributed by atoms with Crippen molar-refractivity contribution in [2.45, 2.75) is 12.5 Å². The zero-order valence-electron chi connectivity index (χ0n) is 10.4. The van der Waals surface area contributed by atoms with E-state index in [9.17, 15) is 4.39 Å². The molecule has 4 heteroatoms. The fraction of sp³-hybridized carbons (Fsp3) is 0.200. The van der Waals surface area contributed by atoms with Crippen LogP contribution in [0.5, 0.6) is 5.75 Å². The number of fused-ring (bicyclic) bond motifs is 1. The number of nitrogens with two attached hydrogens (primary N) is 1. The Morgan fingerprint density at radius 2 is 2.00 bits per heavy atom. The van der Waals surface area contributed by atoms with E-state index in [1.165, 1.54) is 12.1 Å². The Morgan fingerprint density at radius 1 is 1.21 bits per heavy atom. The van der Waals surface area contributed by atoms with E-state index in [4.69, 9.17) is 10.5 Å². The van der Waals surface area contributed by atoms with Crippen LogP contribution in [0, 0.1) is 5.82 Å². The van der Waals surface area contributed by atoms with Crippen molar-refractivity contribution in [3.8, 4) is 5.75 Å². The monoisotopic (exact) mass is 258 g/mol. The second-order valence-corrected chi connectivity index (χ2v) is 4.61. The number of halogens is 1. The van der Waals surface area contributed by atoms with Crippen molar-refractivity contribution in [2.75, 3.05) is 11.9 Å².